The Morgan fingerprint density at radius 3 is 2.62 bits per heavy atom. The SMILES string of the molecule is CCCN1C(=O)Cc2cc(C(=O)N[C@@H](C)c3ccc(OC)cc3)ccc21. The van der Waals surface area contributed by atoms with Crippen molar-refractivity contribution in [2.45, 2.75) is 32.7 Å². The van der Waals surface area contributed by atoms with E-state index < -0.39 is 0 Å². The van der Waals surface area contributed by atoms with Crippen LogP contribution >= 0.6 is 0 Å². The fourth-order valence-electron chi connectivity index (χ4n) is 3.25. The molecule has 5 heteroatoms. The van der Waals surface area contributed by atoms with Crippen LogP contribution in [0.1, 0.15) is 47.8 Å². The van der Waals surface area contributed by atoms with Crippen LogP contribution in [0.3, 0.4) is 0 Å². The van der Waals surface area contributed by atoms with E-state index in [9.17, 15) is 9.59 Å². The largest absolute Gasteiger partial charge is 0.497 e. The van der Waals surface area contributed by atoms with E-state index in [1.54, 1.807) is 18.1 Å². The molecule has 0 radical (unpaired) electrons. The summed E-state index contributed by atoms with van der Waals surface area (Å²) >= 11 is 0. The highest BCUT2D eigenvalue weighted by atomic mass is 16.5. The number of ether oxygens (including phenoxy) is 1. The second-order valence-corrected chi connectivity index (χ2v) is 6.53. The van der Waals surface area contributed by atoms with Gasteiger partial charge in [-0.05, 0) is 54.8 Å². The molecular weight excluding hydrogens is 328 g/mol. The van der Waals surface area contributed by atoms with E-state index in [2.05, 4.69) is 5.32 Å². The number of fused-ring (bicyclic) bond motifs is 1. The number of benzene rings is 2. The average molecular weight is 352 g/mol. The Kier molecular flexibility index (Phi) is 5.26. The van der Waals surface area contributed by atoms with Crippen LogP contribution in [-0.2, 0) is 11.2 Å². The lowest BCUT2D eigenvalue weighted by Gasteiger charge is -2.17. The smallest absolute Gasteiger partial charge is 0.251 e. The minimum Gasteiger partial charge on any atom is -0.497 e. The van der Waals surface area contributed by atoms with Crippen LogP contribution in [0.4, 0.5) is 5.69 Å². The maximum absolute atomic E-state index is 12.6. The molecule has 1 heterocycles. The Balaban J connectivity index is 1.72. The molecular formula is C21H24N2O3. The molecule has 1 atom stereocenters. The zero-order valence-electron chi connectivity index (χ0n) is 15.4. The first kappa shape index (κ1) is 18.0. The molecule has 136 valence electrons. The van der Waals surface area contributed by atoms with Gasteiger partial charge < -0.3 is 15.0 Å². The highest BCUT2D eigenvalue weighted by Gasteiger charge is 2.27. The topological polar surface area (TPSA) is 58.6 Å². The van der Waals surface area contributed by atoms with E-state index in [0.29, 0.717) is 18.5 Å². The molecule has 2 aromatic carbocycles. The number of hydrogen-bond donors (Lipinski definition) is 1. The lowest BCUT2D eigenvalue weighted by atomic mass is 10.1. The summed E-state index contributed by atoms with van der Waals surface area (Å²) in [4.78, 5) is 26.5. The van der Waals surface area contributed by atoms with Crippen molar-refractivity contribution in [3.05, 3.63) is 59.2 Å². The van der Waals surface area contributed by atoms with Gasteiger partial charge in [0.25, 0.3) is 5.91 Å². The zero-order valence-corrected chi connectivity index (χ0v) is 15.4. The Labute approximate surface area is 154 Å². The van der Waals surface area contributed by atoms with Crippen LogP contribution in [-0.4, -0.2) is 25.5 Å². The number of methoxy groups -OCH3 is 1. The van der Waals surface area contributed by atoms with Crippen LogP contribution in [0, 0.1) is 0 Å². The number of hydrogen-bond acceptors (Lipinski definition) is 3. The van der Waals surface area contributed by atoms with Crippen molar-refractivity contribution < 1.29 is 14.3 Å². The van der Waals surface area contributed by atoms with E-state index in [-0.39, 0.29) is 17.9 Å². The van der Waals surface area contributed by atoms with Gasteiger partial charge in [-0.15, -0.1) is 0 Å². The van der Waals surface area contributed by atoms with Crippen molar-refractivity contribution in [3.63, 3.8) is 0 Å². The van der Waals surface area contributed by atoms with Crippen molar-refractivity contribution in [2.75, 3.05) is 18.6 Å². The summed E-state index contributed by atoms with van der Waals surface area (Å²) in [6.07, 6.45) is 1.28. The molecule has 2 aromatic rings. The summed E-state index contributed by atoms with van der Waals surface area (Å²) < 4.78 is 5.16. The van der Waals surface area contributed by atoms with Gasteiger partial charge in [-0.1, -0.05) is 19.1 Å². The van der Waals surface area contributed by atoms with Crippen molar-refractivity contribution in [1.82, 2.24) is 5.32 Å². The quantitative estimate of drug-likeness (QED) is 0.866. The molecule has 26 heavy (non-hydrogen) atoms. The molecule has 0 saturated heterocycles. The summed E-state index contributed by atoms with van der Waals surface area (Å²) in [5.41, 5.74) is 3.43. The third-order valence-corrected chi connectivity index (χ3v) is 4.69. The monoisotopic (exact) mass is 352 g/mol. The molecule has 3 rings (SSSR count). The molecule has 0 unspecified atom stereocenters. The molecule has 5 nitrogen and oxygen atoms in total. The van der Waals surface area contributed by atoms with Gasteiger partial charge in [0.15, 0.2) is 0 Å². The number of nitrogens with one attached hydrogen (secondary N) is 1. The first-order valence-corrected chi connectivity index (χ1v) is 8.91. The number of carbonyl (C=O) groups is 2. The van der Waals surface area contributed by atoms with Gasteiger partial charge in [0, 0.05) is 17.8 Å². The van der Waals surface area contributed by atoms with E-state index in [4.69, 9.17) is 4.74 Å². The highest BCUT2D eigenvalue weighted by Crippen LogP contribution is 2.30. The predicted octanol–water partition coefficient (Wildman–Crippen LogP) is 3.49. The normalized spacial score (nSPS) is 14.1. The van der Waals surface area contributed by atoms with Crippen molar-refractivity contribution in [3.8, 4) is 5.75 Å². The number of carbonyl (C=O) groups excluding carboxylic acids is 2. The number of rotatable bonds is 6. The summed E-state index contributed by atoms with van der Waals surface area (Å²) in [7, 11) is 1.63. The van der Waals surface area contributed by atoms with Crippen LogP contribution in [0.25, 0.3) is 0 Å². The van der Waals surface area contributed by atoms with Crippen molar-refractivity contribution in [2.24, 2.45) is 0 Å². The molecule has 0 aromatic heterocycles. The highest BCUT2D eigenvalue weighted by molar-refractivity contribution is 6.03. The van der Waals surface area contributed by atoms with Crippen molar-refractivity contribution in [1.29, 1.82) is 0 Å². The molecule has 2 amide bonds. The Bertz CT molecular complexity index is 815. The number of nitrogens with zero attached hydrogens (tertiary/aromatic N) is 1. The summed E-state index contributed by atoms with van der Waals surface area (Å²) in [6, 6.07) is 13.0. The molecule has 1 N–H and O–H groups in total. The van der Waals surface area contributed by atoms with E-state index in [1.165, 1.54) is 0 Å². The first-order valence-electron chi connectivity index (χ1n) is 8.91. The van der Waals surface area contributed by atoms with Gasteiger partial charge in [-0.3, -0.25) is 9.59 Å². The lowest BCUT2D eigenvalue weighted by molar-refractivity contribution is -0.117. The van der Waals surface area contributed by atoms with Gasteiger partial charge in [0.1, 0.15) is 5.75 Å². The third-order valence-electron chi connectivity index (χ3n) is 4.69. The Morgan fingerprint density at radius 2 is 1.96 bits per heavy atom. The fourth-order valence-corrected chi connectivity index (χ4v) is 3.25. The minimum atomic E-state index is -0.141. The molecule has 0 bridgehead atoms. The lowest BCUT2D eigenvalue weighted by Crippen LogP contribution is -2.27. The first-order chi connectivity index (χ1) is 12.5. The van der Waals surface area contributed by atoms with E-state index >= 15 is 0 Å². The summed E-state index contributed by atoms with van der Waals surface area (Å²) in [5, 5.41) is 3.01. The molecule has 1 aliphatic rings. The molecule has 1 aliphatic heterocycles. The second-order valence-electron chi connectivity index (χ2n) is 6.53. The Morgan fingerprint density at radius 1 is 1.23 bits per heavy atom. The summed E-state index contributed by atoms with van der Waals surface area (Å²) in [6.45, 7) is 4.71. The zero-order chi connectivity index (χ0) is 18.7. The van der Waals surface area contributed by atoms with Gasteiger partial charge >= 0.3 is 0 Å². The number of anilines is 1. The van der Waals surface area contributed by atoms with Crippen LogP contribution in [0.2, 0.25) is 0 Å². The summed E-state index contributed by atoms with van der Waals surface area (Å²) in [5.74, 6) is 0.746. The van der Waals surface area contributed by atoms with E-state index in [0.717, 1.165) is 29.0 Å². The molecule has 0 aliphatic carbocycles. The van der Waals surface area contributed by atoms with Crippen molar-refractivity contribution >= 4 is 17.5 Å². The standard InChI is InChI=1S/C21H24N2O3/c1-4-11-23-19-10-7-16(12-17(19)13-20(23)24)21(25)22-14(2)15-5-8-18(26-3)9-6-15/h5-10,12,14H,4,11,13H2,1-3H3,(H,22,25)/t14-/m0/s1. The van der Waals surface area contributed by atoms with Gasteiger partial charge in [-0.25, -0.2) is 0 Å². The molecule has 0 fully saturated rings. The van der Waals surface area contributed by atoms with E-state index in [1.807, 2.05) is 50.2 Å². The molecule has 0 spiro atoms. The fraction of sp³-hybridized carbons (Fsp3) is 0.333. The van der Waals surface area contributed by atoms with Crippen LogP contribution in [0.15, 0.2) is 42.5 Å². The second kappa shape index (κ2) is 7.60. The van der Waals surface area contributed by atoms with Gasteiger partial charge in [0.2, 0.25) is 5.91 Å². The third kappa shape index (κ3) is 3.57. The number of amides is 2. The maximum Gasteiger partial charge on any atom is 0.251 e. The minimum absolute atomic E-state index is 0.103. The average Bonchev–Trinajstić information content (AvgIpc) is 2.96. The van der Waals surface area contributed by atoms with Gasteiger partial charge in [0.05, 0.1) is 19.6 Å². The Hall–Kier alpha value is -2.82. The molecule has 0 saturated carbocycles. The van der Waals surface area contributed by atoms with Crippen LogP contribution < -0.4 is 15.0 Å². The van der Waals surface area contributed by atoms with Gasteiger partial charge in [-0.2, -0.15) is 0 Å². The van der Waals surface area contributed by atoms with Crippen LogP contribution in [0.5, 0.6) is 5.75 Å². The maximum atomic E-state index is 12.6. The predicted molar refractivity (Wildman–Crippen MR) is 102 cm³/mol.